The lowest BCUT2D eigenvalue weighted by Crippen LogP contribution is -2.49. The third-order valence-corrected chi connectivity index (χ3v) is 5.19. The highest BCUT2D eigenvalue weighted by Gasteiger charge is 2.38. The highest BCUT2D eigenvalue weighted by atomic mass is 15.2. The van der Waals surface area contributed by atoms with Gasteiger partial charge >= 0.3 is 0 Å². The van der Waals surface area contributed by atoms with Crippen LogP contribution in [0.5, 0.6) is 0 Å². The molecule has 0 spiro atoms. The van der Waals surface area contributed by atoms with E-state index < -0.39 is 0 Å². The second kappa shape index (κ2) is 4.98. The van der Waals surface area contributed by atoms with E-state index in [2.05, 4.69) is 80.7 Å². The molecule has 0 aliphatic carbocycles. The minimum absolute atomic E-state index is 0.302. The van der Waals surface area contributed by atoms with E-state index in [-0.39, 0.29) is 0 Å². The van der Waals surface area contributed by atoms with Crippen molar-refractivity contribution >= 4 is 27.6 Å². The van der Waals surface area contributed by atoms with E-state index in [1.807, 2.05) is 0 Å². The zero-order valence-electron chi connectivity index (χ0n) is 15.4. The second-order valence-electron chi connectivity index (χ2n) is 9.00. The first-order chi connectivity index (χ1) is 11.3. The van der Waals surface area contributed by atoms with Crippen LogP contribution in [0.3, 0.4) is 0 Å². The van der Waals surface area contributed by atoms with Crippen LogP contribution in [0.25, 0.3) is 21.8 Å². The first-order valence-corrected chi connectivity index (χ1v) is 8.85. The quantitative estimate of drug-likeness (QED) is 0.629. The average Bonchev–Trinajstić information content (AvgIpc) is 2.86. The molecule has 0 radical (unpaired) electrons. The fourth-order valence-electron chi connectivity index (χ4n) is 4.88. The van der Waals surface area contributed by atoms with Crippen LogP contribution in [0.2, 0.25) is 0 Å². The molecule has 0 bridgehead atoms. The molecule has 1 fully saturated rings. The SMILES string of the molecule is Cn1ccc2c(N3CC(C)(C)CC(C)(C)C3)nc3ccccc3c21. The molecule has 0 atom stereocenters. The number of hydrogen-bond acceptors (Lipinski definition) is 2. The van der Waals surface area contributed by atoms with Crippen LogP contribution in [0, 0.1) is 10.8 Å². The lowest BCUT2D eigenvalue weighted by atomic mass is 9.71. The van der Waals surface area contributed by atoms with Crippen molar-refractivity contribution in [2.75, 3.05) is 18.0 Å². The van der Waals surface area contributed by atoms with Crippen LogP contribution < -0.4 is 4.90 Å². The number of nitrogens with zero attached hydrogens (tertiary/aromatic N) is 3. The normalized spacial score (nSPS) is 20.0. The van der Waals surface area contributed by atoms with Crippen LogP contribution in [-0.2, 0) is 7.05 Å². The zero-order chi connectivity index (χ0) is 17.1. The Hall–Kier alpha value is -2.03. The van der Waals surface area contributed by atoms with Gasteiger partial charge in [0, 0.05) is 37.1 Å². The first kappa shape index (κ1) is 15.5. The number of pyridine rings is 1. The summed E-state index contributed by atoms with van der Waals surface area (Å²) in [7, 11) is 2.13. The average molecular weight is 321 g/mol. The van der Waals surface area contributed by atoms with Crippen LogP contribution in [-0.4, -0.2) is 22.6 Å². The number of benzene rings is 1. The molecule has 1 saturated heterocycles. The van der Waals surface area contributed by atoms with Crippen molar-refractivity contribution in [3.05, 3.63) is 36.5 Å². The van der Waals surface area contributed by atoms with E-state index in [1.54, 1.807) is 0 Å². The highest BCUT2D eigenvalue weighted by molar-refractivity contribution is 6.08. The zero-order valence-corrected chi connectivity index (χ0v) is 15.4. The fraction of sp³-hybridized carbons (Fsp3) is 0.476. The summed E-state index contributed by atoms with van der Waals surface area (Å²) in [6.45, 7) is 11.6. The van der Waals surface area contributed by atoms with Crippen molar-refractivity contribution in [2.24, 2.45) is 17.9 Å². The van der Waals surface area contributed by atoms with Gasteiger partial charge < -0.3 is 9.47 Å². The van der Waals surface area contributed by atoms with Crippen molar-refractivity contribution in [2.45, 2.75) is 34.1 Å². The number of piperidine rings is 1. The second-order valence-corrected chi connectivity index (χ2v) is 9.00. The summed E-state index contributed by atoms with van der Waals surface area (Å²) in [6, 6.07) is 10.7. The molecule has 0 unspecified atom stereocenters. The van der Waals surface area contributed by atoms with Crippen LogP contribution in [0.1, 0.15) is 34.1 Å². The van der Waals surface area contributed by atoms with Gasteiger partial charge in [-0.25, -0.2) is 4.98 Å². The molecule has 1 aliphatic rings. The van der Waals surface area contributed by atoms with Crippen molar-refractivity contribution in [1.29, 1.82) is 0 Å². The van der Waals surface area contributed by atoms with Crippen molar-refractivity contribution in [3.8, 4) is 0 Å². The number of rotatable bonds is 1. The molecule has 3 nitrogen and oxygen atoms in total. The summed E-state index contributed by atoms with van der Waals surface area (Å²) < 4.78 is 2.23. The van der Waals surface area contributed by atoms with Crippen molar-refractivity contribution < 1.29 is 0 Å². The van der Waals surface area contributed by atoms with Crippen LogP contribution in [0.15, 0.2) is 36.5 Å². The molecular weight excluding hydrogens is 294 g/mol. The van der Waals surface area contributed by atoms with Gasteiger partial charge in [-0.05, 0) is 29.4 Å². The number of hydrogen-bond donors (Lipinski definition) is 0. The molecule has 0 amide bonds. The monoisotopic (exact) mass is 321 g/mol. The Morgan fingerprint density at radius 2 is 1.58 bits per heavy atom. The van der Waals surface area contributed by atoms with Crippen molar-refractivity contribution in [3.63, 3.8) is 0 Å². The predicted molar refractivity (Wildman–Crippen MR) is 103 cm³/mol. The van der Waals surface area contributed by atoms with Gasteiger partial charge in [-0.3, -0.25) is 0 Å². The third kappa shape index (κ3) is 2.47. The molecule has 3 heterocycles. The van der Waals surface area contributed by atoms with Gasteiger partial charge in [-0.15, -0.1) is 0 Å². The number of fused-ring (bicyclic) bond motifs is 3. The Labute approximate surface area is 144 Å². The van der Waals surface area contributed by atoms with Gasteiger partial charge in [0.1, 0.15) is 5.82 Å². The molecule has 1 aliphatic heterocycles. The molecule has 0 saturated carbocycles. The van der Waals surface area contributed by atoms with Crippen LogP contribution >= 0.6 is 0 Å². The minimum Gasteiger partial charge on any atom is -0.355 e. The smallest absolute Gasteiger partial charge is 0.138 e. The predicted octanol–water partition coefficient (Wildman–Crippen LogP) is 4.99. The van der Waals surface area contributed by atoms with Crippen LogP contribution in [0.4, 0.5) is 5.82 Å². The third-order valence-electron chi connectivity index (χ3n) is 5.19. The molecule has 3 heteroatoms. The summed E-state index contributed by atoms with van der Waals surface area (Å²) >= 11 is 0. The summed E-state index contributed by atoms with van der Waals surface area (Å²) in [5.74, 6) is 1.14. The minimum atomic E-state index is 0.302. The standard InChI is InChI=1S/C21H27N3/c1-20(2)12-21(3,4)14-24(13-20)19-16-10-11-23(5)18(16)15-8-6-7-9-17(15)22-19/h6-11H,12-14H2,1-5H3. The topological polar surface area (TPSA) is 21.1 Å². The van der Waals surface area contributed by atoms with E-state index in [9.17, 15) is 0 Å². The largest absolute Gasteiger partial charge is 0.355 e. The molecule has 4 rings (SSSR count). The molecule has 24 heavy (non-hydrogen) atoms. The molecular formula is C21H27N3. The number of aromatic nitrogens is 2. The first-order valence-electron chi connectivity index (χ1n) is 8.85. The Morgan fingerprint density at radius 1 is 0.917 bits per heavy atom. The highest BCUT2D eigenvalue weighted by Crippen LogP contribution is 2.43. The molecule has 3 aromatic rings. The Morgan fingerprint density at radius 3 is 2.29 bits per heavy atom. The van der Waals surface area contributed by atoms with Gasteiger partial charge in [0.2, 0.25) is 0 Å². The summed E-state index contributed by atoms with van der Waals surface area (Å²) in [4.78, 5) is 7.60. The molecule has 2 aromatic heterocycles. The number of anilines is 1. The van der Waals surface area contributed by atoms with E-state index in [0.29, 0.717) is 10.8 Å². The van der Waals surface area contributed by atoms with Gasteiger partial charge in [-0.1, -0.05) is 45.9 Å². The van der Waals surface area contributed by atoms with Crippen molar-refractivity contribution in [1.82, 2.24) is 9.55 Å². The van der Waals surface area contributed by atoms with Gasteiger partial charge in [-0.2, -0.15) is 0 Å². The van der Waals surface area contributed by atoms with Gasteiger partial charge in [0.25, 0.3) is 0 Å². The van der Waals surface area contributed by atoms with E-state index in [1.165, 1.54) is 22.7 Å². The Balaban J connectivity index is 1.95. The van der Waals surface area contributed by atoms with Gasteiger partial charge in [0.05, 0.1) is 11.0 Å². The Bertz CT molecular complexity index is 901. The van der Waals surface area contributed by atoms with E-state index >= 15 is 0 Å². The van der Waals surface area contributed by atoms with E-state index in [0.717, 1.165) is 24.4 Å². The molecule has 1 aromatic carbocycles. The molecule has 126 valence electrons. The maximum Gasteiger partial charge on any atom is 0.138 e. The lowest BCUT2D eigenvalue weighted by molar-refractivity contribution is 0.159. The summed E-state index contributed by atoms with van der Waals surface area (Å²) in [5, 5.41) is 2.50. The fourth-order valence-corrected chi connectivity index (χ4v) is 4.88. The summed E-state index contributed by atoms with van der Waals surface area (Å²) in [6.07, 6.45) is 3.41. The maximum atomic E-state index is 5.08. The van der Waals surface area contributed by atoms with E-state index in [4.69, 9.17) is 4.98 Å². The lowest BCUT2D eigenvalue weighted by Gasteiger charge is -2.47. The number of para-hydroxylation sites is 1. The summed E-state index contributed by atoms with van der Waals surface area (Å²) in [5.41, 5.74) is 2.98. The number of aryl methyl sites for hydroxylation is 1. The maximum absolute atomic E-state index is 5.08. The molecule has 0 N–H and O–H groups in total. The Kier molecular flexibility index (Phi) is 3.22. The van der Waals surface area contributed by atoms with Gasteiger partial charge in [0.15, 0.2) is 0 Å².